The maximum Gasteiger partial charge on any atom is 0.347 e. The van der Waals surface area contributed by atoms with Crippen LogP contribution in [0.1, 0.15) is 38.9 Å². The van der Waals surface area contributed by atoms with E-state index in [9.17, 15) is 19.5 Å². The van der Waals surface area contributed by atoms with Gasteiger partial charge < -0.3 is 20.0 Å². The smallest absolute Gasteiger partial charge is 0.347 e. The topological polar surface area (TPSA) is 133 Å². The number of aromatic hydroxyl groups is 1. The van der Waals surface area contributed by atoms with Gasteiger partial charge in [-0.3, -0.25) is 9.59 Å². The second-order valence-electron chi connectivity index (χ2n) is 7.39. The van der Waals surface area contributed by atoms with E-state index in [2.05, 4.69) is 15.3 Å². The molecule has 10 heteroatoms. The number of pyridine rings is 1. The van der Waals surface area contributed by atoms with Crippen molar-refractivity contribution in [1.29, 1.82) is 0 Å². The van der Waals surface area contributed by atoms with E-state index in [-0.39, 0.29) is 36.5 Å². The Morgan fingerprint density at radius 2 is 1.66 bits per heavy atom. The zero-order valence-corrected chi connectivity index (χ0v) is 18.8. The minimum Gasteiger partial charge on any atom is -0.506 e. The summed E-state index contributed by atoms with van der Waals surface area (Å²) in [4.78, 5) is 52.5. The zero-order valence-electron chi connectivity index (χ0n) is 18.8. The summed E-state index contributed by atoms with van der Waals surface area (Å²) >= 11 is 0. The van der Waals surface area contributed by atoms with Crippen LogP contribution in [-0.2, 0) is 17.9 Å². The number of hydrogen-bond donors (Lipinski definition) is 2. The first kappa shape index (κ1) is 23.4. The number of rotatable bonds is 8. The summed E-state index contributed by atoms with van der Waals surface area (Å²) in [6.45, 7) is 1.69. The van der Waals surface area contributed by atoms with E-state index in [0.717, 1.165) is 22.2 Å². The van der Waals surface area contributed by atoms with Gasteiger partial charge in [-0.15, -0.1) is 4.73 Å². The summed E-state index contributed by atoms with van der Waals surface area (Å²) in [7, 11) is 0. The lowest BCUT2D eigenvalue weighted by Crippen LogP contribution is -2.34. The lowest BCUT2D eigenvalue weighted by atomic mass is 10.1. The van der Waals surface area contributed by atoms with Gasteiger partial charge in [-0.05, 0) is 18.1 Å². The van der Waals surface area contributed by atoms with E-state index in [4.69, 9.17) is 9.57 Å². The molecule has 2 heterocycles. The Hall–Kier alpha value is -4.73. The standard InChI is InChI=1S/C25H22N4O6/c1-2-34-25(33)19-21(30)18-20(23(31)26-13-16-9-5-3-6-10-16)27-15-28-22(18)29(24(19)32)35-14-17-11-7-4-8-12-17/h3-12,15,30H,2,13-14H2,1H3,(H,26,31). The maximum absolute atomic E-state index is 13.1. The normalized spacial score (nSPS) is 10.7. The Balaban J connectivity index is 1.81. The number of amides is 1. The molecule has 178 valence electrons. The summed E-state index contributed by atoms with van der Waals surface area (Å²) in [5.74, 6) is -2.46. The summed E-state index contributed by atoms with van der Waals surface area (Å²) in [6, 6.07) is 18.2. The Labute approximate surface area is 199 Å². The second-order valence-corrected chi connectivity index (χ2v) is 7.39. The van der Waals surface area contributed by atoms with E-state index in [1.807, 2.05) is 36.4 Å². The molecule has 0 aliphatic rings. The van der Waals surface area contributed by atoms with Gasteiger partial charge in [0.05, 0.1) is 12.0 Å². The number of esters is 1. The number of hydrogen-bond acceptors (Lipinski definition) is 8. The number of carbonyl (C=O) groups excluding carboxylic acids is 2. The fraction of sp³-hybridized carbons (Fsp3) is 0.160. The Morgan fingerprint density at radius 1 is 1.00 bits per heavy atom. The van der Waals surface area contributed by atoms with Gasteiger partial charge in [-0.25, -0.2) is 14.8 Å². The second kappa shape index (κ2) is 10.5. The molecule has 0 radical (unpaired) electrons. The molecule has 2 N–H and O–H groups in total. The van der Waals surface area contributed by atoms with Gasteiger partial charge in [0.1, 0.15) is 24.4 Å². The molecule has 0 unspecified atom stereocenters. The summed E-state index contributed by atoms with van der Waals surface area (Å²) < 4.78 is 5.72. The van der Waals surface area contributed by atoms with Crippen LogP contribution in [0.5, 0.6) is 5.75 Å². The maximum atomic E-state index is 13.1. The van der Waals surface area contributed by atoms with Crippen LogP contribution in [0.25, 0.3) is 11.0 Å². The van der Waals surface area contributed by atoms with Crippen molar-refractivity contribution < 1.29 is 24.3 Å². The predicted octanol–water partition coefficient (Wildman–Crippen LogP) is 2.23. The lowest BCUT2D eigenvalue weighted by molar-refractivity contribution is 0.0507. The van der Waals surface area contributed by atoms with Crippen LogP contribution in [0, 0.1) is 0 Å². The lowest BCUT2D eigenvalue weighted by Gasteiger charge is -2.15. The molecule has 0 bridgehead atoms. The highest BCUT2D eigenvalue weighted by atomic mass is 16.7. The number of aromatic nitrogens is 3. The first-order chi connectivity index (χ1) is 17.0. The number of ether oxygens (including phenoxy) is 1. The fourth-order valence-electron chi connectivity index (χ4n) is 3.43. The molecule has 4 aromatic rings. The van der Waals surface area contributed by atoms with Crippen molar-refractivity contribution in [3.63, 3.8) is 0 Å². The quantitative estimate of drug-likeness (QED) is 0.372. The summed E-state index contributed by atoms with van der Waals surface area (Å²) in [5.41, 5.74) is -0.465. The van der Waals surface area contributed by atoms with Crippen molar-refractivity contribution in [2.75, 3.05) is 6.61 Å². The molecule has 0 saturated carbocycles. The van der Waals surface area contributed by atoms with Crippen molar-refractivity contribution in [3.8, 4) is 5.75 Å². The SMILES string of the molecule is CCOC(=O)c1c(O)c2c(C(=O)NCc3ccccc3)ncnc2n(OCc2ccccc2)c1=O. The van der Waals surface area contributed by atoms with Crippen LogP contribution < -0.4 is 15.7 Å². The first-order valence-electron chi connectivity index (χ1n) is 10.8. The van der Waals surface area contributed by atoms with Crippen molar-refractivity contribution in [3.05, 3.63) is 99.7 Å². The van der Waals surface area contributed by atoms with Crippen LogP contribution in [-0.4, -0.2) is 38.3 Å². The minimum atomic E-state index is -1.06. The molecular weight excluding hydrogens is 452 g/mol. The Bertz CT molecular complexity index is 1420. The van der Waals surface area contributed by atoms with E-state index in [0.29, 0.717) is 0 Å². The third kappa shape index (κ3) is 4.96. The molecule has 10 nitrogen and oxygen atoms in total. The molecule has 2 aromatic carbocycles. The Kier molecular flexibility index (Phi) is 7.01. The molecule has 0 aliphatic carbocycles. The van der Waals surface area contributed by atoms with Gasteiger partial charge in [0.2, 0.25) is 0 Å². The van der Waals surface area contributed by atoms with Gasteiger partial charge >= 0.3 is 11.5 Å². The van der Waals surface area contributed by atoms with Gasteiger partial charge in [0.15, 0.2) is 11.2 Å². The van der Waals surface area contributed by atoms with E-state index in [1.165, 1.54) is 0 Å². The van der Waals surface area contributed by atoms with Crippen LogP contribution in [0.4, 0.5) is 0 Å². The van der Waals surface area contributed by atoms with Gasteiger partial charge in [-0.1, -0.05) is 60.7 Å². The van der Waals surface area contributed by atoms with Gasteiger partial charge in [0.25, 0.3) is 5.91 Å². The van der Waals surface area contributed by atoms with Crippen molar-refractivity contribution in [2.24, 2.45) is 0 Å². The van der Waals surface area contributed by atoms with Crippen LogP contribution >= 0.6 is 0 Å². The molecule has 0 spiro atoms. The molecule has 0 aliphatic heterocycles. The fourth-order valence-corrected chi connectivity index (χ4v) is 3.43. The monoisotopic (exact) mass is 474 g/mol. The number of carbonyl (C=O) groups is 2. The average Bonchev–Trinajstić information content (AvgIpc) is 2.88. The number of fused-ring (bicyclic) bond motifs is 1. The molecular formula is C25H22N4O6. The highest BCUT2D eigenvalue weighted by Crippen LogP contribution is 2.28. The molecule has 35 heavy (non-hydrogen) atoms. The summed E-state index contributed by atoms with van der Waals surface area (Å²) in [6.07, 6.45) is 1.07. The number of benzene rings is 2. The first-order valence-corrected chi connectivity index (χ1v) is 10.8. The third-order valence-corrected chi connectivity index (χ3v) is 5.09. The van der Waals surface area contributed by atoms with Gasteiger partial charge in [-0.2, -0.15) is 0 Å². The van der Waals surface area contributed by atoms with Crippen molar-refractivity contribution >= 4 is 22.9 Å². The molecule has 2 aromatic heterocycles. The minimum absolute atomic E-state index is 0.0314. The van der Waals surface area contributed by atoms with Crippen LogP contribution in [0.15, 0.2) is 71.8 Å². The Morgan fingerprint density at radius 3 is 2.31 bits per heavy atom. The molecule has 4 rings (SSSR count). The molecule has 0 saturated heterocycles. The highest BCUT2D eigenvalue weighted by Gasteiger charge is 2.28. The summed E-state index contributed by atoms with van der Waals surface area (Å²) in [5, 5.41) is 13.4. The van der Waals surface area contributed by atoms with E-state index in [1.54, 1.807) is 31.2 Å². The number of nitrogens with one attached hydrogen (secondary N) is 1. The highest BCUT2D eigenvalue weighted by molar-refractivity contribution is 6.08. The van der Waals surface area contributed by atoms with Crippen molar-refractivity contribution in [2.45, 2.75) is 20.1 Å². The average molecular weight is 474 g/mol. The molecule has 1 amide bonds. The largest absolute Gasteiger partial charge is 0.506 e. The van der Waals surface area contributed by atoms with Crippen LogP contribution in [0.3, 0.4) is 0 Å². The zero-order chi connectivity index (χ0) is 24.8. The number of nitrogens with zero attached hydrogens (tertiary/aromatic N) is 3. The van der Waals surface area contributed by atoms with Gasteiger partial charge in [0, 0.05) is 6.54 Å². The van der Waals surface area contributed by atoms with E-state index < -0.39 is 28.7 Å². The molecule has 0 atom stereocenters. The van der Waals surface area contributed by atoms with E-state index >= 15 is 0 Å². The van der Waals surface area contributed by atoms with Crippen LogP contribution in [0.2, 0.25) is 0 Å². The third-order valence-electron chi connectivity index (χ3n) is 5.09. The predicted molar refractivity (Wildman–Crippen MR) is 126 cm³/mol. The van der Waals surface area contributed by atoms with Crippen molar-refractivity contribution in [1.82, 2.24) is 20.0 Å². The molecule has 0 fully saturated rings.